The maximum Gasteiger partial charge on any atom is 0.272 e. The van der Waals surface area contributed by atoms with Crippen LogP contribution in [0.1, 0.15) is 17.4 Å². The smallest absolute Gasteiger partial charge is 0.272 e. The first-order valence-corrected chi connectivity index (χ1v) is 8.04. The second-order valence-electron chi connectivity index (χ2n) is 5.91. The molecule has 0 bridgehead atoms. The lowest BCUT2D eigenvalue weighted by molar-refractivity contribution is 0.0342. The third kappa shape index (κ3) is 4.18. The molecular weight excluding hydrogens is 311 g/mol. The largest absolute Gasteiger partial charge is 0.379 e. The van der Waals surface area contributed by atoms with Gasteiger partial charge in [-0.3, -0.25) is 9.69 Å². The van der Waals surface area contributed by atoms with Crippen LogP contribution in [-0.4, -0.2) is 59.5 Å². The number of amides is 1. The Hall–Kier alpha value is -2.25. The quantitative estimate of drug-likeness (QED) is 0.901. The molecule has 6 nitrogen and oxygen atoms in total. The van der Waals surface area contributed by atoms with Crippen LogP contribution in [0.15, 0.2) is 36.5 Å². The average Bonchev–Trinajstić information content (AvgIpc) is 3.06. The number of rotatable bonds is 5. The number of hydrogen-bond acceptors (Lipinski definition) is 4. The summed E-state index contributed by atoms with van der Waals surface area (Å²) in [5, 5.41) is 7.22. The monoisotopic (exact) mass is 332 g/mol. The second-order valence-corrected chi connectivity index (χ2v) is 5.91. The predicted molar refractivity (Wildman–Crippen MR) is 87.7 cm³/mol. The van der Waals surface area contributed by atoms with Crippen molar-refractivity contribution < 1.29 is 13.9 Å². The van der Waals surface area contributed by atoms with E-state index in [1.54, 1.807) is 29.1 Å². The third-order valence-electron chi connectivity index (χ3n) is 3.93. The molecule has 1 N–H and O–H groups in total. The Kier molecular flexibility index (Phi) is 5.22. The highest BCUT2D eigenvalue weighted by Crippen LogP contribution is 2.09. The summed E-state index contributed by atoms with van der Waals surface area (Å²) in [6.07, 6.45) is 1.69. The van der Waals surface area contributed by atoms with E-state index in [0.29, 0.717) is 11.4 Å². The highest BCUT2D eigenvalue weighted by atomic mass is 19.1. The molecule has 3 rings (SSSR count). The van der Waals surface area contributed by atoms with Crippen molar-refractivity contribution in [2.24, 2.45) is 0 Å². The van der Waals surface area contributed by atoms with Crippen LogP contribution in [0.4, 0.5) is 4.39 Å². The Morgan fingerprint density at radius 1 is 1.29 bits per heavy atom. The van der Waals surface area contributed by atoms with Gasteiger partial charge in [0.2, 0.25) is 0 Å². The van der Waals surface area contributed by atoms with E-state index >= 15 is 0 Å². The van der Waals surface area contributed by atoms with Gasteiger partial charge < -0.3 is 10.1 Å². The van der Waals surface area contributed by atoms with Gasteiger partial charge in [-0.2, -0.15) is 5.10 Å². The molecule has 1 saturated heterocycles. The molecule has 2 aromatic rings. The first-order valence-electron chi connectivity index (χ1n) is 8.04. The molecule has 24 heavy (non-hydrogen) atoms. The van der Waals surface area contributed by atoms with Crippen LogP contribution in [-0.2, 0) is 4.74 Å². The number of halogens is 1. The molecule has 1 fully saturated rings. The van der Waals surface area contributed by atoms with Gasteiger partial charge in [0.15, 0.2) is 5.69 Å². The van der Waals surface area contributed by atoms with Crippen LogP contribution >= 0.6 is 0 Å². The van der Waals surface area contributed by atoms with E-state index in [1.807, 2.05) is 6.92 Å². The van der Waals surface area contributed by atoms with Crippen molar-refractivity contribution in [1.82, 2.24) is 20.0 Å². The van der Waals surface area contributed by atoms with Crippen molar-refractivity contribution in [2.45, 2.75) is 13.0 Å². The number of carbonyl (C=O) groups excluding carboxylic acids is 1. The summed E-state index contributed by atoms with van der Waals surface area (Å²) in [5.41, 5.74) is 1.05. The summed E-state index contributed by atoms with van der Waals surface area (Å²) in [4.78, 5) is 14.6. The first kappa shape index (κ1) is 16.6. The molecule has 7 heteroatoms. The van der Waals surface area contributed by atoms with Crippen LogP contribution in [0.3, 0.4) is 0 Å². The Labute approximate surface area is 140 Å². The van der Waals surface area contributed by atoms with Gasteiger partial charge in [-0.15, -0.1) is 0 Å². The highest BCUT2D eigenvalue weighted by molar-refractivity contribution is 5.92. The second kappa shape index (κ2) is 7.55. The molecule has 1 amide bonds. The van der Waals surface area contributed by atoms with Crippen LogP contribution in [0, 0.1) is 5.82 Å². The van der Waals surface area contributed by atoms with E-state index in [2.05, 4.69) is 15.3 Å². The van der Waals surface area contributed by atoms with Gasteiger partial charge in [0, 0.05) is 31.9 Å². The molecule has 1 unspecified atom stereocenters. The molecule has 1 atom stereocenters. The fourth-order valence-electron chi connectivity index (χ4n) is 2.70. The molecule has 1 aliphatic heterocycles. The molecule has 2 heterocycles. The zero-order valence-corrected chi connectivity index (χ0v) is 13.6. The van der Waals surface area contributed by atoms with Gasteiger partial charge in [0.1, 0.15) is 5.82 Å². The number of benzene rings is 1. The van der Waals surface area contributed by atoms with Crippen LogP contribution in [0.25, 0.3) is 5.69 Å². The maximum absolute atomic E-state index is 13.0. The molecule has 128 valence electrons. The van der Waals surface area contributed by atoms with Crippen molar-refractivity contribution >= 4 is 5.91 Å². The summed E-state index contributed by atoms with van der Waals surface area (Å²) in [6, 6.07) is 7.63. The minimum Gasteiger partial charge on any atom is -0.379 e. The fourth-order valence-corrected chi connectivity index (χ4v) is 2.70. The van der Waals surface area contributed by atoms with Crippen LogP contribution in [0.5, 0.6) is 0 Å². The fraction of sp³-hybridized carbons (Fsp3) is 0.412. The lowest BCUT2D eigenvalue weighted by atomic mass is 10.2. The minimum absolute atomic E-state index is 0.0200. The number of ether oxygens (including phenoxy) is 1. The zero-order chi connectivity index (χ0) is 16.9. The molecule has 0 spiro atoms. The number of nitrogens with one attached hydrogen (secondary N) is 1. The normalized spacial score (nSPS) is 16.8. The number of carbonyl (C=O) groups is 1. The Balaban J connectivity index is 1.58. The summed E-state index contributed by atoms with van der Waals surface area (Å²) in [5.74, 6) is -0.516. The molecule has 0 radical (unpaired) electrons. The van der Waals surface area contributed by atoms with E-state index in [1.165, 1.54) is 12.1 Å². The summed E-state index contributed by atoms with van der Waals surface area (Å²) in [6.45, 7) is 6.02. The summed E-state index contributed by atoms with van der Waals surface area (Å²) >= 11 is 0. The molecule has 1 aromatic heterocycles. The maximum atomic E-state index is 13.0. The van der Waals surface area contributed by atoms with Gasteiger partial charge in [0.05, 0.1) is 18.9 Å². The Morgan fingerprint density at radius 3 is 2.71 bits per heavy atom. The number of morpholine rings is 1. The Bertz CT molecular complexity index is 680. The minimum atomic E-state index is -0.305. The predicted octanol–water partition coefficient (Wildman–Crippen LogP) is 1.46. The Morgan fingerprint density at radius 2 is 2.00 bits per heavy atom. The standard InChI is InChI=1S/C17H21FN4O2/c1-13(12-21-8-10-24-11-9-21)19-17(23)16-6-7-22(20-16)15-4-2-14(18)3-5-15/h2-7,13H,8-12H2,1H3,(H,19,23). The average molecular weight is 332 g/mol. The number of nitrogens with zero attached hydrogens (tertiary/aromatic N) is 3. The van der Waals surface area contributed by atoms with Crippen molar-refractivity contribution in [2.75, 3.05) is 32.8 Å². The van der Waals surface area contributed by atoms with E-state index in [4.69, 9.17) is 4.74 Å². The van der Waals surface area contributed by atoms with Crippen molar-refractivity contribution in [3.63, 3.8) is 0 Å². The van der Waals surface area contributed by atoms with E-state index < -0.39 is 0 Å². The van der Waals surface area contributed by atoms with Gasteiger partial charge in [-0.1, -0.05) is 0 Å². The van der Waals surface area contributed by atoms with E-state index in [0.717, 1.165) is 32.8 Å². The molecular formula is C17H21FN4O2. The lowest BCUT2D eigenvalue weighted by Crippen LogP contribution is -2.46. The zero-order valence-electron chi connectivity index (χ0n) is 13.6. The van der Waals surface area contributed by atoms with Gasteiger partial charge >= 0.3 is 0 Å². The van der Waals surface area contributed by atoms with Crippen LogP contribution < -0.4 is 5.32 Å². The topological polar surface area (TPSA) is 59.4 Å². The van der Waals surface area contributed by atoms with Crippen molar-refractivity contribution in [3.8, 4) is 5.69 Å². The summed E-state index contributed by atoms with van der Waals surface area (Å²) in [7, 11) is 0. The molecule has 0 aliphatic carbocycles. The summed E-state index contributed by atoms with van der Waals surface area (Å²) < 4.78 is 19.8. The van der Waals surface area contributed by atoms with Crippen LogP contribution in [0.2, 0.25) is 0 Å². The lowest BCUT2D eigenvalue weighted by Gasteiger charge is -2.29. The van der Waals surface area contributed by atoms with Crippen molar-refractivity contribution in [3.05, 3.63) is 48.0 Å². The van der Waals surface area contributed by atoms with Crippen molar-refractivity contribution in [1.29, 1.82) is 0 Å². The molecule has 1 aliphatic rings. The first-order chi connectivity index (χ1) is 11.6. The number of hydrogen-bond donors (Lipinski definition) is 1. The molecule has 1 aromatic carbocycles. The highest BCUT2D eigenvalue weighted by Gasteiger charge is 2.17. The van der Waals surface area contributed by atoms with Gasteiger partial charge in [0.25, 0.3) is 5.91 Å². The third-order valence-corrected chi connectivity index (χ3v) is 3.93. The van der Waals surface area contributed by atoms with E-state index in [9.17, 15) is 9.18 Å². The molecule has 0 saturated carbocycles. The van der Waals surface area contributed by atoms with E-state index in [-0.39, 0.29) is 17.8 Å². The SMILES string of the molecule is CC(CN1CCOCC1)NC(=O)c1ccn(-c2ccc(F)cc2)n1. The van der Waals surface area contributed by atoms with Gasteiger partial charge in [-0.25, -0.2) is 9.07 Å². The number of aromatic nitrogens is 2. The van der Waals surface area contributed by atoms with Gasteiger partial charge in [-0.05, 0) is 37.3 Å².